The molecule has 1 aromatic heterocycles. The molecule has 0 saturated carbocycles. The fourth-order valence-corrected chi connectivity index (χ4v) is 2.26. The molecule has 0 bridgehead atoms. The lowest BCUT2D eigenvalue weighted by Crippen LogP contribution is -2.28. The molecule has 0 saturated heterocycles. The quantitative estimate of drug-likeness (QED) is 0.617. The predicted octanol–water partition coefficient (Wildman–Crippen LogP) is 2.35. The average Bonchev–Trinajstić information content (AvgIpc) is 2.88. The molecule has 3 N–H and O–H groups in total. The summed E-state index contributed by atoms with van der Waals surface area (Å²) < 4.78 is 1.92. The summed E-state index contributed by atoms with van der Waals surface area (Å²) in [5.41, 5.74) is 6.69. The third-order valence-electron chi connectivity index (χ3n) is 3.38. The van der Waals surface area contributed by atoms with Crippen LogP contribution in [0.4, 0.5) is 0 Å². The van der Waals surface area contributed by atoms with Crippen molar-refractivity contribution in [1.82, 2.24) is 15.2 Å². The third-order valence-corrected chi connectivity index (χ3v) is 3.38. The Morgan fingerprint density at radius 3 is 2.89 bits per heavy atom. The van der Waals surface area contributed by atoms with E-state index < -0.39 is 0 Å². The SMILES string of the molecule is CCn1cc(C(CCc2cccc(C)c2)NN)cn1. The Labute approximate surface area is 114 Å². The van der Waals surface area contributed by atoms with Crippen molar-refractivity contribution >= 4 is 0 Å². The number of nitrogens with zero attached hydrogens (tertiary/aromatic N) is 2. The summed E-state index contributed by atoms with van der Waals surface area (Å²) in [6, 6.07) is 8.76. The molecule has 2 rings (SSSR count). The maximum atomic E-state index is 5.66. The molecule has 1 aromatic carbocycles. The van der Waals surface area contributed by atoms with Gasteiger partial charge in [-0.1, -0.05) is 29.8 Å². The van der Waals surface area contributed by atoms with E-state index in [0.29, 0.717) is 0 Å². The van der Waals surface area contributed by atoms with Crippen molar-refractivity contribution in [2.45, 2.75) is 39.3 Å². The molecule has 0 aliphatic rings. The molecule has 0 amide bonds. The lowest BCUT2D eigenvalue weighted by Gasteiger charge is -2.14. The van der Waals surface area contributed by atoms with Crippen molar-refractivity contribution in [2.75, 3.05) is 0 Å². The van der Waals surface area contributed by atoms with Crippen molar-refractivity contribution in [2.24, 2.45) is 5.84 Å². The Kier molecular flexibility index (Phi) is 4.71. The van der Waals surface area contributed by atoms with Gasteiger partial charge >= 0.3 is 0 Å². The number of aromatic nitrogens is 2. The molecular formula is C15H22N4. The van der Waals surface area contributed by atoms with Crippen LogP contribution in [0.15, 0.2) is 36.7 Å². The van der Waals surface area contributed by atoms with E-state index in [-0.39, 0.29) is 6.04 Å². The van der Waals surface area contributed by atoms with Gasteiger partial charge in [-0.2, -0.15) is 5.10 Å². The summed E-state index contributed by atoms with van der Waals surface area (Å²) in [5, 5.41) is 4.29. The van der Waals surface area contributed by atoms with Crippen molar-refractivity contribution in [3.05, 3.63) is 53.3 Å². The van der Waals surface area contributed by atoms with Gasteiger partial charge in [0.1, 0.15) is 0 Å². The normalized spacial score (nSPS) is 12.6. The molecule has 4 nitrogen and oxygen atoms in total. The fraction of sp³-hybridized carbons (Fsp3) is 0.400. The van der Waals surface area contributed by atoms with Gasteiger partial charge in [0, 0.05) is 24.3 Å². The van der Waals surface area contributed by atoms with Crippen LogP contribution in [0.3, 0.4) is 0 Å². The second kappa shape index (κ2) is 6.50. The zero-order chi connectivity index (χ0) is 13.7. The summed E-state index contributed by atoms with van der Waals surface area (Å²) in [6.45, 7) is 5.08. The molecular weight excluding hydrogens is 236 g/mol. The lowest BCUT2D eigenvalue weighted by atomic mass is 10.0. The smallest absolute Gasteiger partial charge is 0.0538 e. The molecule has 102 valence electrons. The summed E-state index contributed by atoms with van der Waals surface area (Å²) >= 11 is 0. The Balaban J connectivity index is 1.99. The Bertz CT molecular complexity index is 518. The van der Waals surface area contributed by atoms with E-state index in [0.717, 1.165) is 24.9 Å². The van der Waals surface area contributed by atoms with Crippen LogP contribution in [0.25, 0.3) is 0 Å². The second-order valence-corrected chi connectivity index (χ2v) is 4.88. The number of nitrogens with two attached hydrogens (primary N) is 1. The standard InChI is InChI=1S/C15H22N4/c1-3-19-11-14(10-17-19)15(18-16)8-7-13-6-4-5-12(2)9-13/h4-6,9-11,15,18H,3,7-8,16H2,1-2H3. The van der Waals surface area contributed by atoms with E-state index in [9.17, 15) is 0 Å². The highest BCUT2D eigenvalue weighted by molar-refractivity contribution is 5.22. The fourth-order valence-electron chi connectivity index (χ4n) is 2.26. The van der Waals surface area contributed by atoms with Gasteiger partial charge in [-0.05, 0) is 32.3 Å². The van der Waals surface area contributed by atoms with E-state index in [2.05, 4.69) is 54.8 Å². The monoisotopic (exact) mass is 258 g/mol. The summed E-state index contributed by atoms with van der Waals surface area (Å²) in [7, 11) is 0. The molecule has 2 aromatic rings. The van der Waals surface area contributed by atoms with Crippen molar-refractivity contribution in [3.63, 3.8) is 0 Å². The van der Waals surface area contributed by atoms with Gasteiger partial charge in [0.15, 0.2) is 0 Å². The van der Waals surface area contributed by atoms with E-state index in [1.54, 1.807) is 0 Å². The first kappa shape index (κ1) is 13.8. The van der Waals surface area contributed by atoms with Crippen LogP contribution in [0.5, 0.6) is 0 Å². The first-order valence-electron chi connectivity index (χ1n) is 6.77. The van der Waals surface area contributed by atoms with Crippen LogP contribution < -0.4 is 11.3 Å². The molecule has 4 heteroatoms. The first-order chi connectivity index (χ1) is 9.22. The number of hydrogen-bond donors (Lipinski definition) is 2. The third kappa shape index (κ3) is 3.66. The van der Waals surface area contributed by atoms with E-state index in [4.69, 9.17) is 5.84 Å². The lowest BCUT2D eigenvalue weighted by molar-refractivity contribution is 0.515. The number of rotatable bonds is 6. The first-order valence-corrected chi connectivity index (χ1v) is 6.77. The van der Waals surface area contributed by atoms with Crippen LogP contribution >= 0.6 is 0 Å². The molecule has 0 aliphatic carbocycles. The van der Waals surface area contributed by atoms with Gasteiger partial charge in [-0.3, -0.25) is 16.0 Å². The highest BCUT2D eigenvalue weighted by atomic mass is 15.3. The van der Waals surface area contributed by atoms with Crippen LogP contribution in [-0.4, -0.2) is 9.78 Å². The zero-order valence-electron chi connectivity index (χ0n) is 11.6. The second-order valence-electron chi connectivity index (χ2n) is 4.88. The maximum Gasteiger partial charge on any atom is 0.0538 e. The van der Waals surface area contributed by atoms with E-state index in [1.807, 2.05) is 10.9 Å². The topological polar surface area (TPSA) is 55.9 Å². The van der Waals surface area contributed by atoms with E-state index >= 15 is 0 Å². The summed E-state index contributed by atoms with van der Waals surface area (Å²) in [5.74, 6) is 5.66. The number of benzene rings is 1. The highest BCUT2D eigenvalue weighted by Gasteiger charge is 2.11. The van der Waals surface area contributed by atoms with Crippen molar-refractivity contribution < 1.29 is 0 Å². The molecule has 0 fully saturated rings. The Morgan fingerprint density at radius 2 is 2.26 bits per heavy atom. The highest BCUT2D eigenvalue weighted by Crippen LogP contribution is 2.18. The number of hydrogen-bond acceptors (Lipinski definition) is 3. The average molecular weight is 258 g/mol. The Morgan fingerprint density at radius 1 is 1.42 bits per heavy atom. The summed E-state index contributed by atoms with van der Waals surface area (Å²) in [6.07, 6.45) is 5.92. The van der Waals surface area contributed by atoms with Crippen LogP contribution in [0.2, 0.25) is 0 Å². The number of aryl methyl sites for hydroxylation is 3. The van der Waals surface area contributed by atoms with Crippen LogP contribution in [0.1, 0.15) is 36.1 Å². The van der Waals surface area contributed by atoms with Gasteiger partial charge in [0.2, 0.25) is 0 Å². The van der Waals surface area contributed by atoms with Gasteiger partial charge in [-0.15, -0.1) is 0 Å². The summed E-state index contributed by atoms with van der Waals surface area (Å²) in [4.78, 5) is 0. The molecule has 0 radical (unpaired) electrons. The Hall–Kier alpha value is -1.65. The van der Waals surface area contributed by atoms with Crippen molar-refractivity contribution in [3.8, 4) is 0 Å². The van der Waals surface area contributed by atoms with Gasteiger partial charge < -0.3 is 0 Å². The maximum absolute atomic E-state index is 5.66. The van der Waals surface area contributed by atoms with Gasteiger partial charge in [-0.25, -0.2) is 0 Å². The molecule has 19 heavy (non-hydrogen) atoms. The van der Waals surface area contributed by atoms with Crippen LogP contribution in [-0.2, 0) is 13.0 Å². The van der Waals surface area contributed by atoms with E-state index in [1.165, 1.54) is 11.1 Å². The largest absolute Gasteiger partial charge is 0.273 e. The van der Waals surface area contributed by atoms with Crippen LogP contribution in [0, 0.1) is 6.92 Å². The van der Waals surface area contributed by atoms with Crippen molar-refractivity contribution in [1.29, 1.82) is 0 Å². The molecule has 1 atom stereocenters. The number of hydrazine groups is 1. The number of nitrogens with one attached hydrogen (secondary N) is 1. The minimum Gasteiger partial charge on any atom is -0.273 e. The predicted molar refractivity (Wildman–Crippen MR) is 77.5 cm³/mol. The molecule has 1 unspecified atom stereocenters. The zero-order valence-corrected chi connectivity index (χ0v) is 11.6. The molecule has 0 aliphatic heterocycles. The van der Waals surface area contributed by atoms with Gasteiger partial charge in [0.25, 0.3) is 0 Å². The minimum atomic E-state index is 0.154. The molecule has 0 spiro atoms. The van der Waals surface area contributed by atoms with Gasteiger partial charge in [0.05, 0.1) is 6.20 Å². The molecule has 1 heterocycles. The minimum absolute atomic E-state index is 0.154.